The number of carbonyl (C=O) groups is 1. The number of allylic oxidation sites excluding steroid dienone is 2. The van der Waals surface area contributed by atoms with Crippen LogP contribution < -0.4 is 0 Å². The monoisotopic (exact) mass is 210 g/mol. The van der Waals surface area contributed by atoms with Crippen molar-refractivity contribution >= 4 is 5.97 Å². The second-order valence-corrected chi connectivity index (χ2v) is 5.09. The van der Waals surface area contributed by atoms with Gasteiger partial charge in [0.2, 0.25) is 0 Å². The summed E-state index contributed by atoms with van der Waals surface area (Å²) in [4.78, 5) is 10.6. The largest absolute Gasteiger partial charge is 0.481 e. The van der Waals surface area contributed by atoms with E-state index in [9.17, 15) is 4.79 Å². The first-order valence-corrected chi connectivity index (χ1v) is 5.89. The van der Waals surface area contributed by atoms with Gasteiger partial charge in [0.15, 0.2) is 0 Å². The van der Waals surface area contributed by atoms with Crippen molar-refractivity contribution in [3.8, 4) is 0 Å². The molecule has 0 heterocycles. The zero-order chi connectivity index (χ0) is 11.5. The number of rotatable bonds is 5. The Balaban J connectivity index is 2.47. The predicted octanol–water partition coefficient (Wildman–Crippen LogP) is 3.62. The minimum atomic E-state index is -0.666. The fourth-order valence-corrected chi connectivity index (χ4v) is 2.28. The zero-order valence-corrected chi connectivity index (χ0v) is 10.0. The van der Waals surface area contributed by atoms with E-state index in [1.807, 2.05) is 0 Å². The van der Waals surface area contributed by atoms with E-state index in [-0.39, 0.29) is 5.41 Å². The minimum absolute atomic E-state index is 0.117. The van der Waals surface area contributed by atoms with Crippen LogP contribution in [0.1, 0.15) is 52.9 Å². The topological polar surface area (TPSA) is 37.3 Å². The van der Waals surface area contributed by atoms with Crippen LogP contribution in [0.5, 0.6) is 0 Å². The lowest BCUT2D eigenvalue weighted by Gasteiger charge is -2.47. The summed E-state index contributed by atoms with van der Waals surface area (Å²) in [6.07, 6.45) is 7.24. The van der Waals surface area contributed by atoms with E-state index in [1.165, 1.54) is 18.4 Å². The van der Waals surface area contributed by atoms with Crippen molar-refractivity contribution in [3.63, 3.8) is 0 Å². The van der Waals surface area contributed by atoms with E-state index in [1.54, 1.807) is 0 Å². The summed E-state index contributed by atoms with van der Waals surface area (Å²) in [7, 11) is 0. The summed E-state index contributed by atoms with van der Waals surface area (Å²) in [6.45, 7) is 6.53. The molecule has 0 bridgehead atoms. The molecule has 1 rings (SSSR count). The molecule has 0 radical (unpaired) electrons. The highest BCUT2D eigenvalue weighted by Crippen LogP contribution is 2.52. The highest BCUT2D eigenvalue weighted by Gasteiger charge is 2.43. The standard InChI is InChI=1S/C13H22O2/c1-4-5-6-7-10-8-11(9-12(14)15)13(10,2)3/h7,11H,4-6,8-9H2,1-3H3,(H,14,15). The Morgan fingerprint density at radius 3 is 2.73 bits per heavy atom. The Bertz CT molecular complexity index is 264. The Labute approximate surface area is 92.4 Å². The van der Waals surface area contributed by atoms with Gasteiger partial charge in [-0.1, -0.05) is 45.3 Å². The fraction of sp³-hybridized carbons (Fsp3) is 0.769. The van der Waals surface area contributed by atoms with Crippen molar-refractivity contribution in [3.05, 3.63) is 11.6 Å². The zero-order valence-electron chi connectivity index (χ0n) is 10.0. The lowest BCUT2D eigenvalue weighted by molar-refractivity contribution is -0.139. The first kappa shape index (κ1) is 12.3. The van der Waals surface area contributed by atoms with E-state index in [4.69, 9.17) is 5.11 Å². The van der Waals surface area contributed by atoms with E-state index >= 15 is 0 Å². The first-order chi connectivity index (χ1) is 6.98. The van der Waals surface area contributed by atoms with E-state index in [2.05, 4.69) is 26.8 Å². The molecule has 0 amide bonds. The van der Waals surface area contributed by atoms with Crippen molar-refractivity contribution in [2.45, 2.75) is 52.9 Å². The molecule has 1 unspecified atom stereocenters. The number of carboxylic acid groups (broad SMARTS) is 1. The highest BCUT2D eigenvalue weighted by molar-refractivity contribution is 5.67. The molecule has 0 spiro atoms. The summed E-state index contributed by atoms with van der Waals surface area (Å²) in [6, 6.07) is 0. The number of unbranched alkanes of at least 4 members (excludes halogenated alkanes) is 2. The second kappa shape index (κ2) is 4.82. The Morgan fingerprint density at radius 1 is 1.60 bits per heavy atom. The van der Waals surface area contributed by atoms with Gasteiger partial charge in [-0.2, -0.15) is 0 Å². The summed E-state index contributed by atoms with van der Waals surface area (Å²) in [5, 5.41) is 8.76. The van der Waals surface area contributed by atoms with Crippen LogP contribution in [0.15, 0.2) is 11.6 Å². The SMILES string of the molecule is CCCCC=C1CC(CC(=O)O)C1(C)C. The van der Waals surface area contributed by atoms with Gasteiger partial charge in [0.25, 0.3) is 0 Å². The Hall–Kier alpha value is -0.790. The van der Waals surface area contributed by atoms with Crippen LogP contribution in [0.2, 0.25) is 0 Å². The molecule has 1 fully saturated rings. The summed E-state index contributed by atoms with van der Waals surface area (Å²) in [5.74, 6) is -0.330. The van der Waals surface area contributed by atoms with Gasteiger partial charge in [0.1, 0.15) is 0 Å². The summed E-state index contributed by atoms with van der Waals surface area (Å²) in [5.41, 5.74) is 1.58. The molecule has 1 saturated carbocycles. The molecule has 2 heteroatoms. The van der Waals surface area contributed by atoms with Crippen LogP contribution in [0, 0.1) is 11.3 Å². The molecule has 0 saturated heterocycles. The molecule has 1 aliphatic rings. The number of aliphatic carboxylic acids is 1. The first-order valence-electron chi connectivity index (χ1n) is 5.89. The lowest BCUT2D eigenvalue weighted by atomic mass is 9.57. The van der Waals surface area contributed by atoms with Gasteiger partial charge >= 0.3 is 5.97 Å². The van der Waals surface area contributed by atoms with Gasteiger partial charge in [-0.05, 0) is 24.2 Å². The Morgan fingerprint density at radius 2 is 2.27 bits per heavy atom. The van der Waals surface area contributed by atoms with Crippen LogP contribution in [0.4, 0.5) is 0 Å². The molecule has 0 aliphatic heterocycles. The molecule has 86 valence electrons. The van der Waals surface area contributed by atoms with E-state index in [0.717, 1.165) is 12.8 Å². The van der Waals surface area contributed by atoms with Crippen LogP contribution in [-0.4, -0.2) is 11.1 Å². The van der Waals surface area contributed by atoms with Crippen molar-refractivity contribution < 1.29 is 9.90 Å². The quantitative estimate of drug-likeness (QED) is 0.556. The molecule has 15 heavy (non-hydrogen) atoms. The molecule has 1 atom stereocenters. The molecule has 2 nitrogen and oxygen atoms in total. The summed E-state index contributed by atoms with van der Waals surface area (Å²) >= 11 is 0. The molecule has 0 aromatic rings. The number of carboxylic acids is 1. The van der Waals surface area contributed by atoms with Gasteiger partial charge in [-0.3, -0.25) is 4.79 Å². The average Bonchev–Trinajstić information content (AvgIpc) is 2.15. The Kier molecular flexibility index (Phi) is 3.95. The molecule has 0 aromatic heterocycles. The van der Waals surface area contributed by atoms with Gasteiger partial charge in [-0.15, -0.1) is 0 Å². The molecular formula is C13H22O2. The van der Waals surface area contributed by atoms with Crippen LogP contribution in [0.3, 0.4) is 0 Å². The average molecular weight is 210 g/mol. The van der Waals surface area contributed by atoms with Crippen molar-refractivity contribution in [1.29, 1.82) is 0 Å². The van der Waals surface area contributed by atoms with Gasteiger partial charge in [0, 0.05) is 6.42 Å². The van der Waals surface area contributed by atoms with Crippen molar-refractivity contribution in [2.75, 3.05) is 0 Å². The third kappa shape index (κ3) is 2.83. The fourth-order valence-electron chi connectivity index (χ4n) is 2.28. The lowest BCUT2D eigenvalue weighted by Crippen LogP contribution is -2.39. The third-order valence-electron chi connectivity index (χ3n) is 3.68. The van der Waals surface area contributed by atoms with Gasteiger partial charge in [0.05, 0.1) is 0 Å². The number of hydrogen-bond acceptors (Lipinski definition) is 1. The highest BCUT2D eigenvalue weighted by atomic mass is 16.4. The van der Waals surface area contributed by atoms with Crippen molar-refractivity contribution in [1.82, 2.24) is 0 Å². The van der Waals surface area contributed by atoms with Crippen LogP contribution in [-0.2, 0) is 4.79 Å². The second-order valence-electron chi connectivity index (χ2n) is 5.09. The summed E-state index contributed by atoms with van der Waals surface area (Å²) < 4.78 is 0. The normalized spacial score (nSPS) is 26.3. The van der Waals surface area contributed by atoms with E-state index < -0.39 is 5.97 Å². The maximum Gasteiger partial charge on any atom is 0.303 e. The predicted molar refractivity (Wildman–Crippen MR) is 61.7 cm³/mol. The number of hydrogen-bond donors (Lipinski definition) is 1. The third-order valence-corrected chi connectivity index (χ3v) is 3.68. The minimum Gasteiger partial charge on any atom is -0.481 e. The van der Waals surface area contributed by atoms with Crippen molar-refractivity contribution in [2.24, 2.45) is 11.3 Å². The maximum atomic E-state index is 10.6. The molecule has 1 aliphatic carbocycles. The van der Waals surface area contributed by atoms with E-state index in [0.29, 0.717) is 12.3 Å². The molecule has 0 aromatic carbocycles. The maximum absolute atomic E-state index is 10.6. The van der Waals surface area contributed by atoms with Crippen LogP contribution >= 0.6 is 0 Å². The van der Waals surface area contributed by atoms with Crippen LogP contribution in [0.25, 0.3) is 0 Å². The molecule has 1 N–H and O–H groups in total. The van der Waals surface area contributed by atoms with Gasteiger partial charge < -0.3 is 5.11 Å². The smallest absolute Gasteiger partial charge is 0.303 e. The molecular weight excluding hydrogens is 188 g/mol. The van der Waals surface area contributed by atoms with Gasteiger partial charge in [-0.25, -0.2) is 0 Å².